The average Bonchev–Trinajstić information content (AvgIpc) is 2.93. The van der Waals surface area contributed by atoms with Crippen LogP contribution in [-0.2, 0) is 24.2 Å². The van der Waals surface area contributed by atoms with E-state index in [-0.39, 0.29) is 12.2 Å². The van der Waals surface area contributed by atoms with Crippen molar-refractivity contribution in [1.29, 1.82) is 0 Å². The van der Waals surface area contributed by atoms with Crippen LogP contribution in [-0.4, -0.2) is 44.9 Å². The Morgan fingerprint density at radius 2 is 1.89 bits per heavy atom. The van der Waals surface area contributed by atoms with Crippen molar-refractivity contribution in [3.05, 3.63) is 0 Å². The van der Waals surface area contributed by atoms with Crippen molar-refractivity contribution in [3.8, 4) is 0 Å². The van der Waals surface area contributed by atoms with E-state index in [9.17, 15) is 22.8 Å². The van der Waals surface area contributed by atoms with Crippen molar-refractivity contribution in [2.45, 2.75) is 19.3 Å². The van der Waals surface area contributed by atoms with Crippen molar-refractivity contribution in [2.75, 3.05) is 18.6 Å². The van der Waals surface area contributed by atoms with Gasteiger partial charge < -0.3 is 10.5 Å². The van der Waals surface area contributed by atoms with Gasteiger partial charge in [-0.1, -0.05) is 0 Å². The van der Waals surface area contributed by atoms with Gasteiger partial charge in [0.25, 0.3) is 0 Å². The van der Waals surface area contributed by atoms with Gasteiger partial charge in [0.15, 0.2) is 9.84 Å². The maximum Gasteiger partial charge on any atom is 0.318 e. The van der Waals surface area contributed by atoms with Crippen LogP contribution in [0.15, 0.2) is 0 Å². The maximum absolute atomic E-state index is 11.8. The minimum absolute atomic E-state index is 0.0141. The van der Waals surface area contributed by atoms with Crippen LogP contribution >= 0.6 is 0 Å². The van der Waals surface area contributed by atoms with Crippen molar-refractivity contribution in [3.63, 3.8) is 0 Å². The average molecular weight is 292 g/mol. The number of nitrogens with two attached hydrogens (primary N) is 1. The molecule has 3 N–H and O–H groups in total. The SMILES string of the molecule is COC(=O)CC1(CS(=O)(=O)CC(=O)NC(N)=O)CC1. The molecule has 0 heterocycles. The number of primary amides is 1. The fourth-order valence-corrected chi connectivity index (χ4v) is 3.72. The summed E-state index contributed by atoms with van der Waals surface area (Å²) in [5.74, 6) is -2.55. The number of esters is 1. The van der Waals surface area contributed by atoms with Gasteiger partial charge in [-0.3, -0.25) is 14.9 Å². The second-order valence-electron chi connectivity index (χ2n) is 4.70. The van der Waals surface area contributed by atoms with E-state index in [0.29, 0.717) is 12.8 Å². The summed E-state index contributed by atoms with van der Waals surface area (Å²) in [5, 5.41) is 1.69. The van der Waals surface area contributed by atoms with Crippen LogP contribution in [0, 0.1) is 5.41 Å². The van der Waals surface area contributed by atoms with E-state index in [2.05, 4.69) is 4.74 Å². The highest BCUT2D eigenvalue weighted by atomic mass is 32.2. The summed E-state index contributed by atoms with van der Waals surface area (Å²) in [6.07, 6.45) is 1.21. The van der Waals surface area contributed by atoms with Gasteiger partial charge in [-0.05, 0) is 18.3 Å². The first-order valence-corrected chi connectivity index (χ1v) is 7.37. The minimum Gasteiger partial charge on any atom is -0.469 e. The van der Waals surface area contributed by atoms with E-state index in [0.717, 1.165) is 0 Å². The molecule has 3 amide bonds. The number of carbonyl (C=O) groups excluding carboxylic acids is 3. The van der Waals surface area contributed by atoms with Crippen molar-refractivity contribution >= 4 is 27.7 Å². The highest BCUT2D eigenvalue weighted by Gasteiger charge is 2.48. The van der Waals surface area contributed by atoms with Gasteiger partial charge in [-0.2, -0.15) is 0 Å². The Kier molecular flexibility index (Phi) is 4.51. The lowest BCUT2D eigenvalue weighted by Gasteiger charge is -2.13. The van der Waals surface area contributed by atoms with Crippen LogP contribution in [0.4, 0.5) is 4.79 Å². The molecule has 19 heavy (non-hydrogen) atoms. The smallest absolute Gasteiger partial charge is 0.318 e. The lowest BCUT2D eigenvalue weighted by molar-refractivity contribution is -0.141. The van der Waals surface area contributed by atoms with Crippen LogP contribution in [0.25, 0.3) is 0 Å². The predicted octanol–water partition coefficient (Wildman–Crippen LogP) is -1.06. The third-order valence-corrected chi connectivity index (χ3v) is 4.60. The second-order valence-corrected chi connectivity index (χ2v) is 6.76. The third-order valence-electron chi connectivity index (χ3n) is 2.84. The molecule has 1 fully saturated rings. The standard InChI is InChI=1S/C10H16N2O6S/c1-18-8(14)4-10(2-3-10)6-19(16,17)5-7(13)12-9(11)15/h2-6H2,1H3,(H3,11,12,13,15). The molecule has 0 aromatic heterocycles. The van der Waals surface area contributed by atoms with Crippen LogP contribution in [0.2, 0.25) is 0 Å². The highest BCUT2D eigenvalue weighted by molar-refractivity contribution is 7.92. The molecule has 9 heteroatoms. The summed E-state index contributed by atoms with van der Waals surface area (Å²) in [4.78, 5) is 32.7. The Hall–Kier alpha value is -1.64. The number of amides is 3. The van der Waals surface area contributed by atoms with E-state index < -0.39 is 38.9 Å². The third kappa shape index (κ3) is 5.25. The van der Waals surface area contributed by atoms with Gasteiger partial charge in [0.2, 0.25) is 5.91 Å². The first kappa shape index (κ1) is 15.4. The second kappa shape index (κ2) is 5.55. The summed E-state index contributed by atoms with van der Waals surface area (Å²) in [5.41, 5.74) is 4.08. The topological polar surface area (TPSA) is 133 Å². The van der Waals surface area contributed by atoms with Gasteiger partial charge in [-0.15, -0.1) is 0 Å². The number of urea groups is 1. The Morgan fingerprint density at radius 3 is 2.32 bits per heavy atom. The van der Waals surface area contributed by atoms with E-state index in [1.807, 2.05) is 0 Å². The zero-order valence-corrected chi connectivity index (χ0v) is 11.3. The summed E-state index contributed by atoms with van der Waals surface area (Å²) < 4.78 is 28.1. The van der Waals surface area contributed by atoms with E-state index in [1.165, 1.54) is 7.11 Å². The number of ether oxygens (including phenoxy) is 1. The lowest BCUT2D eigenvalue weighted by atomic mass is 10.1. The molecule has 0 atom stereocenters. The van der Waals surface area contributed by atoms with Gasteiger partial charge in [0.05, 0.1) is 19.3 Å². The zero-order valence-electron chi connectivity index (χ0n) is 10.5. The Bertz CT molecular complexity index is 494. The maximum atomic E-state index is 11.8. The van der Waals surface area contributed by atoms with Gasteiger partial charge >= 0.3 is 12.0 Å². The number of sulfone groups is 1. The molecule has 1 aliphatic rings. The summed E-state index contributed by atoms with van der Waals surface area (Å²) in [6, 6.07) is -1.10. The Balaban J connectivity index is 2.57. The molecular weight excluding hydrogens is 276 g/mol. The largest absolute Gasteiger partial charge is 0.469 e. The van der Waals surface area contributed by atoms with Crippen LogP contribution in [0.3, 0.4) is 0 Å². The summed E-state index contributed by atoms with van der Waals surface area (Å²) in [6.45, 7) is 0. The Labute approximate surface area is 110 Å². The predicted molar refractivity (Wildman–Crippen MR) is 64.7 cm³/mol. The highest BCUT2D eigenvalue weighted by Crippen LogP contribution is 2.50. The molecule has 1 aliphatic carbocycles. The minimum atomic E-state index is -3.70. The molecule has 0 saturated heterocycles. The number of methoxy groups -OCH3 is 1. The molecule has 0 aromatic rings. The van der Waals surface area contributed by atoms with Crippen LogP contribution < -0.4 is 11.1 Å². The number of carbonyl (C=O) groups is 3. The van der Waals surface area contributed by atoms with E-state index >= 15 is 0 Å². The zero-order chi connectivity index (χ0) is 14.7. The summed E-state index contributed by atoms with van der Waals surface area (Å²) in [7, 11) is -2.47. The fourth-order valence-electron chi connectivity index (χ4n) is 1.82. The number of imide groups is 1. The van der Waals surface area contributed by atoms with Crippen LogP contribution in [0.1, 0.15) is 19.3 Å². The molecule has 1 saturated carbocycles. The van der Waals surface area contributed by atoms with Crippen LogP contribution in [0.5, 0.6) is 0 Å². The van der Waals surface area contributed by atoms with E-state index in [4.69, 9.17) is 5.73 Å². The van der Waals surface area contributed by atoms with Gasteiger partial charge in [0, 0.05) is 0 Å². The number of nitrogens with one attached hydrogen (secondary N) is 1. The molecular formula is C10H16N2O6S. The number of hydrogen-bond donors (Lipinski definition) is 2. The molecule has 8 nitrogen and oxygen atoms in total. The quantitative estimate of drug-likeness (QED) is 0.599. The van der Waals surface area contributed by atoms with E-state index in [1.54, 1.807) is 5.32 Å². The first-order chi connectivity index (χ1) is 8.68. The monoisotopic (exact) mass is 292 g/mol. The van der Waals surface area contributed by atoms with Crippen molar-refractivity contribution in [2.24, 2.45) is 11.1 Å². The molecule has 0 radical (unpaired) electrons. The molecule has 0 spiro atoms. The molecule has 0 bridgehead atoms. The Morgan fingerprint density at radius 1 is 1.32 bits per heavy atom. The number of rotatable bonds is 6. The fraction of sp³-hybridized carbons (Fsp3) is 0.700. The lowest BCUT2D eigenvalue weighted by Crippen LogP contribution is -2.39. The van der Waals surface area contributed by atoms with Crippen molar-refractivity contribution in [1.82, 2.24) is 5.32 Å². The molecule has 1 rings (SSSR count). The summed E-state index contributed by atoms with van der Waals surface area (Å²) >= 11 is 0. The van der Waals surface area contributed by atoms with Gasteiger partial charge in [-0.25, -0.2) is 13.2 Å². The normalized spacial score (nSPS) is 16.5. The van der Waals surface area contributed by atoms with Crippen molar-refractivity contribution < 1.29 is 27.5 Å². The molecule has 108 valence electrons. The number of hydrogen-bond acceptors (Lipinski definition) is 6. The molecule has 0 unspecified atom stereocenters. The molecule has 0 aromatic carbocycles. The first-order valence-electron chi connectivity index (χ1n) is 5.55. The molecule has 0 aliphatic heterocycles. The van der Waals surface area contributed by atoms with Gasteiger partial charge in [0.1, 0.15) is 5.75 Å².